The first-order valence-corrected chi connectivity index (χ1v) is 7.37. The molecule has 1 N–H and O–H groups in total. The minimum Gasteiger partial charge on any atom is -0.340 e. The third-order valence-electron chi connectivity index (χ3n) is 4.27. The van der Waals surface area contributed by atoms with Gasteiger partial charge in [-0.15, -0.1) is 0 Å². The zero-order chi connectivity index (χ0) is 14.6. The van der Waals surface area contributed by atoms with E-state index in [0.717, 1.165) is 38.0 Å². The molecule has 20 heavy (non-hydrogen) atoms. The molecule has 0 radical (unpaired) electrons. The van der Waals surface area contributed by atoms with Crippen LogP contribution in [0.1, 0.15) is 26.2 Å². The Morgan fingerprint density at radius 1 is 1.40 bits per heavy atom. The van der Waals surface area contributed by atoms with Gasteiger partial charge in [-0.3, -0.25) is 4.79 Å². The van der Waals surface area contributed by atoms with Crippen molar-refractivity contribution >= 4 is 5.91 Å². The van der Waals surface area contributed by atoms with E-state index < -0.39 is 0 Å². The summed E-state index contributed by atoms with van der Waals surface area (Å²) in [5.41, 5.74) is 0.524. The van der Waals surface area contributed by atoms with Gasteiger partial charge in [-0.2, -0.15) is 0 Å². The van der Waals surface area contributed by atoms with Gasteiger partial charge in [0.2, 0.25) is 5.91 Å². The summed E-state index contributed by atoms with van der Waals surface area (Å²) < 4.78 is 0. The molecule has 2 fully saturated rings. The highest BCUT2D eigenvalue weighted by molar-refractivity contribution is 5.88. The molecule has 2 aliphatic heterocycles. The molecule has 0 aromatic heterocycles. The molecule has 0 unspecified atom stereocenters. The fourth-order valence-electron chi connectivity index (χ4n) is 2.92. The zero-order valence-electron chi connectivity index (χ0n) is 12.6. The van der Waals surface area contributed by atoms with Crippen molar-refractivity contribution in [3.05, 3.63) is 36.6 Å². The molecule has 4 nitrogen and oxygen atoms in total. The normalized spacial score (nSPS) is 23.1. The van der Waals surface area contributed by atoms with Crippen LogP contribution in [0.15, 0.2) is 36.6 Å². The van der Waals surface area contributed by atoms with Crippen LogP contribution in [0.3, 0.4) is 0 Å². The summed E-state index contributed by atoms with van der Waals surface area (Å²) >= 11 is 0. The molecule has 0 atom stereocenters. The van der Waals surface area contributed by atoms with Crippen molar-refractivity contribution in [2.75, 3.05) is 26.8 Å². The van der Waals surface area contributed by atoms with Crippen LogP contribution in [0.4, 0.5) is 0 Å². The Bertz CT molecular complexity index is 431. The average Bonchev–Trinajstić information content (AvgIpc) is 2.76. The summed E-state index contributed by atoms with van der Waals surface area (Å²) in [5.74, 6) is 0.157. The average molecular weight is 275 g/mol. The third-order valence-corrected chi connectivity index (χ3v) is 4.27. The second-order valence-electron chi connectivity index (χ2n) is 5.61. The molecular weight excluding hydrogens is 250 g/mol. The van der Waals surface area contributed by atoms with Crippen LogP contribution in [0.5, 0.6) is 0 Å². The second kappa shape index (κ2) is 6.27. The van der Waals surface area contributed by atoms with Crippen LogP contribution < -0.4 is 5.32 Å². The molecule has 0 saturated carbocycles. The van der Waals surface area contributed by atoms with Crippen molar-refractivity contribution < 1.29 is 4.79 Å². The maximum atomic E-state index is 12.3. The van der Waals surface area contributed by atoms with Gasteiger partial charge in [0.05, 0.1) is 6.67 Å². The number of piperidine rings is 1. The third kappa shape index (κ3) is 2.80. The van der Waals surface area contributed by atoms with Crippen molar-refractivity contribution in [1.82, 2.24) is 15.1 Å². The number of hydrogen-bond donors (Lipinski definition) is 1. The van der Waals surface area contributed by atoms with Gasteiger partial charge >= 0.3 is 0 Å². The fourth-order valence-corrected chi connectivity index (χ4v) is 2.92. The number of carbonyl (C=O) groups excluding carboxylic acids is 1. The summed E-state index contributed by atoms with van der Waals surface area (Å²) in [6.07, 6.45) is 10.9. The molecule has 0 aromatic rings. The highest BCUT2D eigenvalue weighted by atomic mass is 16.2. The Balaban J connectivity index is 2.10. The van der Waals surface area contributed by atoms with Gasteiger partial charge in [0, 0.05) is 18.8 Å². The molecule has 2 saturated heterocycles. The van der Waals surface area contributed by atoms with Crippen molar-refractivity contribution in [2.24, 2.45) is 0 Å². The predicted molar refractivity (Wildman–Crippen MR) is 82.0 cm³/mol. The lowest BCUT2D eigenvalue weighted by Gasteiger charge is -2.42. The summed E-state index contributed by atoms with van der Waals surface area (Å²) in [7, 11) is 2.11. The van der Waals surface area contributed by atoms with Crippen LogP contribution in [0.25, 0.3) is 0 Å². The Kier molecular flexibility index (Phi) is 4.65. The number of amides is 1. The molecular formula is C16H25N3O. The highest BCUT2D eigenvalue weighted by Crippen LogP contribution is 2.34. The van der Waals surface area contributed by atoms with Crippen LogP contribution in [0, 0.1) is 0 Å². The van der Waals surface area contributed by atoms with Gasteiger partial charge in [0.1, 0.15) is 5.54 Å². The van der Waals surface area contributed by atoms with Crippen LogP contribution >= 0.6 is 0 Å². The SMILES string of the molecule is C=C(/C=C\C=C/CC)N1CNC(=O)C12CCN(C)CC2. The number of hydrogen-bond acceptors (Lipinski definition) is 3. The Labute approximate surface area is 121 Å². The molecule has 110 valence electrons. The molecule has 0 aromatic carbocycles. The quantitative estimate of drug-likeness (QED) is 0.796. The largest absolute Gasteiger partial charge is 0.340 e. The maximum Gasteiger partial charge on any atom is 0.247 e. The summed E-state index contributed by atoms with van der Waals surface area (Å²) in [4.78, 5) is 16.7. The van der Waals surface area contributed by atoms with Crippen LogP contribution in [-0.4, -0.2) is 48.1 Å². The monoisotopic (exact) mass is 275 g/mol. The number of allylic oxidation sites excluding steroid dienone is 4. The number of likely N-dealkylation sites (tertiary alicyclic amines) is 1. The second-order valence-corrected chi connectivity index (χ2v) is 5.61. The van der Waals surface area contributed by atoms with Gasteiger partial charge < -0.3 is 15.1 Å². The Morgan fingerprint density at radius 3 is 2.75 bits per heavy atom. The number of nitrogens with zero attached hydrogens (tertiary/aromatic N) is 2. The van der Waals surface area contributed by atoms with Gasteiger partial charge in [-0.1, -0.05) is 31.7 Å². The van der Waals surface area contributed by atoms with Crippen molar-refractivity contribution in [3.8, 4) is 0 Å². The lowest BCUT2D eigenvalue weighted by Crippen LogP contribution is -2.54. The van der Waals surface area contributed by atoms with E-state index in [0.29, 0.717) is 6.67 Å². The fraction of sp³-hybridized carbons (Fsp3) is 0.562. The van der Waals surface area contributed by atoms with E-state index in [4.69, 9.17) is 0 Å². The van der Waals surface area contributed by atoms with Gasteiger partial charge in [0.15, 0.2) is 0 Å². The van der Waals surface area contributed by atoms with Crippen LogP contribution in [0.2, 0.25) is 0 Å². The lowest BCUT2D eigenvalue weighted by atomic mass is 9.86. The Hall–Kier alpha value is -1.55. The smallest absolute Gasteiger partial charge is 0.247 e. The standard InChI is InChI=1S/C16H25N3O/c1-4-5-6-7-8-14(2)19-13-17-15(20)16(19)9-11-18(3)12-10-16/h5-8H,2,4,9-13H2,1,3H3,(H,17,20)/b6-5-,8-7-. The van der Waals surface area contributed by atoms with Gasteiger partial charge in [-0.25, -0.2) is 0 Å². The van der Waals surface area contributed by atoms with Gasteiger partial charge in [0.25, 0.3) is 0 Å². The predicted octanol–water partition coefficient (Wildman–Crippen LogP) is 1.88. The number of carbonyl (C=O) groups is 1. The van der Waals surface area contributed by atoms with Gasteiger partial charge in [-0.05, 0) is 32.4 Å². The van der Waals surface area contributed by atoms with E-state index in [2.05, 4.69) is 41.7 Å². The first-order chi connectivity index (χ1) is 9.60. The van der Waals surface area contributed by atoms with E-state index in [1.54, 1.807) is 0 Å². The molecule has 1 spiro atoms. The van der Waals surface area contributed by atoms with E-state index >= 15 is 0 Å². The van der Waals surface area contributed by atoms with Crippen molar-refractivity contribution in [3.63, 3.8) is 0 Å². The van der Waals surface area contributed by atoms with Crippen molar-refractivity contribution in [2.45, 2.75) is 31.7 Å². The molecule has 4 heteroatoms. The minimum absolute atomic E-state index is 0.157. The Morgan fingerprint density at radius 2 is 2.10 bits per heavy atom. The van der Waals surface area contributed by atoms with E-state index in [-0.39, 0.29) is 11.4 Å². The molecule has 2 aliphatic rings. The topological polar surface area (TPSA) is 35.6 Å². The molecule has 2 rings (SSSR count). The first-order valence-electron chi connectivity index (χ1n) is 7.37. The molecule has 1 amide bonds. The number of rotatable bonds is 4. The van der Waals surface area contributed by atoms with Crippen LogP contribution in [-0.2, 0) is 4.79 Å². The highest BCUT2D eigenvalue weighted by Gasteiger charge is 2.49. The minimum atomic E-state index is -0.387. The van der Waals surface area contributed by atoms with Crippen molar-refractivity contribution in [1.29, 1.82) is 0 Å². The van der Waals surface area contributed by atoms with E-state index in [1.807, 2.05) is 18.2 Å². The van der Waals surface area contributed by atoms with E-state index in [9.17, 15) is 4.79 Å². The number of nitrogens with one attached hydrogen (secondary N) is 1. The summed E-state index contributed by atoms with van der Waals surface area (Å²) in [5, 5.41) is 2.98. The zero-order valence-corrected chi connectivity index (χ0v) is 12.6. The molecule has 0 aliphatic carbocycles. The lowest BCUT2D eigenvalue weighted by molar-refractivity contribution is -0.128. The summed E-state index contributed by atoms with van der Waals surface area (Å²) in [6.45, 7) is 8.73. The van der Waals surface area contributed by atoms with E-state index in [1.165, 1.54) is 0 Å². The molecule has 2 heterocycles. The first kappa shape index (κ1) is 14.9. The maximum absolute atomic E-state index is 12.3. The summed E-state index contributed by atoms with van der Waals surface area (Å²) in [6, 6.07) is 0. The molecule has 0 bridgehead atoms.